The molecule has 9 nitrogen and oxygen atoms in total. The number of nitriles is 1. The SMILES string of the molecule is CC(C)(C=C(C#N)C(=O)N1CCCCC1COC(=O)N[C@@H](Cc1ccc(F)cc1F)B(O)O)N1CCC(F)(F)C1. The Morgan fingerprint density at radius 2 is 2.02 bits per heavy atom. The number of carbonyl (C=O) groups excluding carboxylic acids is 2. The zero-order chi connectivity index (χ0) is 29.7. The summed E-state index contributed by atoms with van der Waals surface area (Å²) in [6, 6.07) is 4.04. The summed E-state index contributed by atoms with van der Waals surface area (Å²) in [5, 5.41) is 31.2. The molecule has 2 atom stereocenters. The lowest BCUT2D eigenvalue weighted by atomic mass is 9.76. The highest BCUT2D eigenvalue weighted by Gasteiger charge is 2.43. The van der Waals surface area contributed by atoms with E-state index in [1.165, 1.54) is 15.9 Å². The summed E-state index contributed by atoms with van der Waals surface area (Å²) in [7, 11) is -2.08. The Morgan fingerprint density at radius 3 is 2.62 bits per heavy atom. The molecular formula is C26H33BF4N4O5. The van der Waals surface area contributed by atoms with Crippen LogP contribution in [0.15, 0.2) is 29.8 Å². The van der Waals surface area contributed by atoms with Crippen molar-refractivity contribution in [1.82, 2.24) is 15.1 Å². The topological polar surface area (TPSA) is 126 Å². The fourth-order valence-corrected chi connectivity index (χ4v) is 4.93. The van der Waals surface area contributed by atoms with E-state index in [1.54, 1.807) is 13.8 Å². The lowest BCUT2D eigenvalue weighted by Gasteiger charge is -2.36. The number of nitrogens with one attached hydrogen (secondary N) is 1. The molecule has 2 amide bonds. The molecule has 3 N–H and O–H groups in total. The van der Waals surface area contributed by atoms with Crippen LogP contribution in [0.25, 0.3) is 0 Å². The van der Waals surface area contributed by atoms with Crippen LogP contribution in [0.2, 0.25) is 0 Å². The summed E-state index contributed by atoms with van der Waals surface area (Å²) in [5.41, 5.74) is -1.24. The van der Waals surface area contributed by atoms with Gasteiger partial charge in [-0.05, 0) is 57.2 Å². The standard InChI is InChI=1S/C26H33BF4N4O5/c1-25(2,34-10-8-26(30,31)16-34)13-18(14-32)23(36)35-9-4-3-5-20(35)15-40-24(37)33-22(27(38)39)11-17-6-7-19(28)12-21(17)29/h6-7,12-13,20,22,38-39H,3-5,8-11,15-16H2,1-2H3,(H,33,37)/t20?,22-/m0/s1. The molecule has 3 rings (SSSR count). The van der Waals surface area contributed by atoms with Crippen LogP contribution in [0.3, 0.4) is 0 Å². The maximum Gasteiger partial charge on any atom is 0.475 e. The predicted molar refractivity (Wildman–Crippen MR) is 137 cm³/mol. The van der Waals surface area contributed by atoms with Gasteiger partial charge in [-0.25, -0.2) is 22.4 Å². The lowest BCUT2D eigenvalue weighted by Crippen LogP contribution is -2.50. The largest absolute Gasteiger partial charge is 0.475 e. The van der Waals surface area contributed by atoms with Gasteiger partial charge in [0.15, 0.2) is 0 Å². The third-order valence-corrected chi connectivity index (χ3v) is 7.25. The highest BCUT2D eigenvalue weighted by molar-refractivity contribution is 6.43. The van der Waals surface area contributed by atoms with Crippen LogP contribution >= 0.6 is 0 Å². The van der Waals surface area contributed by atoms with E-state index in [0.717, 1.165) is 18.6 Å². The molecule has 1 unspecified atom stereocenters. The second-order valence-electron chi connectivity index (χ2n) is 10.7. The van der Waals surface area contributed by atoms with Gasteiger partial charge >= 0.3 is 13.2 Å². The average molecular weight is 568 g/mol. The van der Waals surface area contributed by atoms with Gasteiger partial charge in [-0.3, -0.25) is 9.69 Å². The summed E-state index contributed by atoms with van der Waals surface area (Å²) >= 11 is 0. The van der Waals surface area contributed by atoms with Crippen molar-refractivity contribution in [3.05, 3.63) is 47.0 Å². The fraction of sp³-hybridized carbons (Fsp3) is 0.577. The third-order valence-electron chi connectivity index (χ3n) is 7.25. The number of rotatable bonds is 9. The quantitative estimate of drug-likeness (QED) is 0.181. The van der Waals surface area contributed by atoms with Gasteiger partial charge in [0, 0.05) is 31.1 Å². The van der Waals surface area contributed by atoms with Crippen molar-refractivity contribution >= 4 is 19.1 Å². The number of benzene rings is 1. The number of halogens is 4. The van der Waals surface area contributed by atoms with Crippen molar-refractivity contribution in [1.29, 1.82) is 5.26 Å². The first-order valence-corrected chi connectivity index (χ1v) is 13.0. The van der Waals surface area contributed by atoms with E-state index >= 15 is 0 Å². The van der Waals surface area contributed by atoms with E-state index in [-0.39, 0.29) is 43.7 Å². The van der Waals surface area contributed by atoms with Gasteiger partial charge in [0.25, 0.3) is 11.8 Å². The number of likely N-dealkylation sites (tertiary alicyclic amines) is 2. The number of alkyl halides is 2. The Labute approximate surface area is 230 Å². The molecule has 40 heavy (non-hydrogen) atoms. The second kappa shape index (κ2) is 13.0. The number of alkyl carbamates (subject to hydrolysis) is 1. The van der Waals surface area contributed by atoms with Gasteiger partial charge in [0.1, 0.15) is 29.9 Å². The van der Waals surface area contributed by atoms with Crippen molar-refractivity contribution in [3.8, 4) is 6.07 Å². The summed E-state index contributed by atoms with van der Waals surface area (Å²) in [6.07, 6.45) is 1.51. The minimum Gasteiger partial charge on any atom is -0.447 e. The fourth-order valence-electron chi connectivity index (χ4n) is 4.93. The van der Waals surface area contributed by atoms with Crippen LogP contribution < -0.4 is 5.32 Å². The molecule has 218 valence electrons. The summed E-state index contributed by atoms with van der Waals surface area (Å²) in [5.74, 6) is -6.54. The van der Waals surface area contributed by atoms with Crippen LogP contribution in [0.5, 0.6) is 0 Å². The van der Waals surface area contributed by atoms with Crippen molar-refractivity contribution in [3.63, 3.8) is 0 Å². The Morgan fingerprint density at radius 1 is 1.30 bits per heavy atom. The molecule has 2 fully saturated rings. The smallest absolute Gasteiger partial charge is 0.447 e. The van der Waals surface area contributed by atoms with Crippen LogP contribution in [-0.4, -0.2) is 88.7 Å². The first kappa shape index (κ1) is 31.4. The first-order valence-electron chi connectivity index (χ1n) is 13.0. The van der Waals surface area contributed by atoms with E-state index in [4.69, 9.17) is 4.74 Å². The maximum atomic E-state index is 14.0. The predicted octanol–water partition coefficient (Wildman–Crippen LogP) is 2.56. The van der Waals surface area contributed by atoms with E-state index in [0.29, 0.717) is 18.9 Å². The van der Waals surface area contributed by atoms with Gasteiger partial charge < -0.3 is 25.0 Å². The zero-order valence-corrected chi connectivity index (χ0v) is 22.4. The average Bonchev–Trinajstić information content (AvgIpc) is 3.27. The van der Waals surface area contributed by atoms with E-state index in [1.807, 2.05) is 6.07 Å². The highest BCUT2D eigenvalue weighted by Crippen LogP contribution is 2.33. The second-order valence-corrected chi connectivity index (χ2v) is 10.7. The maximum absolute atomic E-state index is 14.0. The molecule has 1 aromatic carbocycles. The molecule has 2 heterocycles. The van der Waals surface area contributed by atoms with Crippen molar-refractivity contribution in [2.75, 3.05) is 26.2 Å². The minimum absolute atomic E-state index is 0.0553. The zero-order valence-electron chi connectivity index (χ0n) is 22.4. The van der Waals surface area contributed by atoms with Crippen LogP contribution in [0, 0.1) is 23.0 Å². The highest BCUT2D eigenvalue weighted by atomic mass is 19.3. The van der Waals surface area contributed by atoms with Crippen molar-refractivity contribution in [2.24, 2.45) is 0 Å². The van der Waals surface area contributed by atoms with Crippen LogP contribution in [0.1, 0.15) is 45.1 Å². The van der Waals surface area contributed by atoms with Crippen LogP contribution in [-0.2, 0) is 16.0 Å². The minimum atomic E-state index is -2.84. The number of hydrogen-bond donors (Lipinski definition) is 3. The summed E-state index contributed by atoms with van der Waals surface area (Å²) in [6.45, 7) is 2.98. The Bertz CT molecular complexity index is 1160. The number of piperidine rings is 1. The van der Waals surface area contributed by atoms with E-state index < -0.39 is 60.7 Å². The van der Waals surface area contributed by atoms with Crippen LogP contribution in [0.4, 0.5) is 22.4 Å². The number of carbonyl (C=O) groups is 2. The van der Waals surface area contributed by atoms with Gasteiger partial charge in [-0.2, -0.15) is 5.26 Å². The van der Waals surface area contributed by atoms with Gasteiger partial charge in [-0.15, -0.1) is 0 Å². The molecule has 2 saturated heterocycles. The molecule has 0 aromatic heterocycles. The molecule has 2 aliphatic rings. The molecule has 14 heteroatoms. The van der Waals surface area contributed by atoms with E-state index in [2.05, 4.69) is 5.32 Å². The normalized spacial score (nSPS) is 20.5. The van der Waals surface area contributed by atoms with E-state index in [9.17, 15) is 42.5 Å². The molecule has 0 aliphatic carbocycles. The molecular weight excluding hydrogens is 535 g/mol. The number of ether oxygens (including phenoxy) is 1. The molecule has 0 bridgehead atoms. The number of amides is 2. The van der Waals surface area contributed by atoms with Gasteiger partial charge in [0.2, 0.25) is 0 Å². The Hall–Kier alpha value is -3.15. The molecule has 0 radical (unpaired) electrons. The summed E-state index contributed by atoms with van der Waals surface area (Å²) in [4.78, 5) is 28.7. The summed E-state index contributed by atoms with van der Waals surface area (Å²) < 4.78 is 59.9. The number of nitrogens with zero attached hydrogens (tertiary/aromatic N) is 3. The lowest BCUT2D eigenvalue weighted by molar-refractivity contribution is -0.131. The van der Waals surface area contributed by atoms with Crippen molar-refractivity contribution < 1.29 is 41.9 Å². The molecule has 0 spiro atoms. The Kier molecular flexibility index (Phi) is 10.2. The van der Waals surface area contributed by atoms with Gasteiger partial charge in [0.05, 0.1) is 18.5 Å². The monoisotopic (exact) mass is 568 g/mol. The molecule has 2 aliphatic heterocycles. The number of hydrogen-bond acceptors (Lipinski definition) is 7. The Balaban J connectivity index is 1.64. The van der Waals surface area contributed by atoms with Gasteiger partial charge in [-0.1, -0.05) is 6.07 Å². The molecule has 0 saturated carbocycles. The van der Waals surface area contributed by atoms with Crippen molar-refractivity contribution in [2.45, 2.75) is 69.4 Å². The first-order chi connectivity index (χ1) is 18.7. The molecule has 1 aromatic rings. The third kappa shape index (κ3) is 8.19.